The lowest BCUT2D eigenvalue weighted by molar-refractivity contribution is -0.129. The summed E-state index contributed by atoms with van der Waals surface area (Å²) in [6.45, 7) is 4.83. The van der Waals surface area contributed by atoms with Crippen LogP contribution in [0.2, 0.25) is 0 Å². The standard InChI is InChI=1S/C18H22FN3O2/c1-3-24-12-18(7-8-18)17(23)21-13(2)14-5-6-16(15(19)11-14)22-10-4-9-20-22/h4-6,9-11,13H,3,7-8,12H2,1-2H3,(H,21,23)/t13-/m0/s1. The molecule has 1 aromatic carbocycles. The Morgan fingerprint density at radius 3 is 2.88 bits per heavy atom. The predicted molar refractivity (Wildman–Crippen MR) is 88.2 cm³/mol. The van der Waals surface area contributed by atoms with E-state index in [1.165, 1.54) is 10.7 Å². The van der Waals surface area contributed by atoms with Crippen LogP contribution in [-0.2, 0) is 9.53 Å². The van der Waals surface area contributed by atoms with Crippen LogP contribution < -0.4 is 5.32 Å². The van der Waals surface area contributed by atoms with Crippen molar-refractivity contribution in [3.63, 3.8) is 0 Å². The van der Waals surface area contributed by atoms with Gasteiger partial charge in [0.05, 0.1) is 18.1 Å². The van der Waals surface area contributed by atoms with Gasteiger partial charge in [0.1, 0.15) is 11.5 Å². The fourth-order valence-corrected chi connectivity index (χ4v) is 2.71. The number of hydrogen-bond donors (Lipinski definition) is 1. The summed E-state index contributed by atoms with van der Waals surface area (Å²) < 4.78 is 21.2. The van der Waals surface area contributed by atoms with Crippen molar-refractivity contribution in [2.24, 2.45) is 5.41 Å². The second-order valence-corrected chi connectivity index (χ2v) is 6.27. The van der Waals surface area contributed by atoms with Crippen LogP contribution in [-0.4, -0.2) is 28.9 Å². The first-order valence-electron chi connectivity index (χ1n) is 8.24. The highest BCUT2D eigenvalue weighted by molar-refractivity contribution is 5.85. The van der Waals surface area contributed by atoms with Gasteiger partial charge in [0.15, 0.2) is 0 Å². The summed E-state index contributed by atoms with van der Waals surface area (Å²) in [5.74, 6) is -0.382. The summed E-state index contributed by atoms with van der Waals surface area (Å²) in [6, 6.07) is 6.41. The third kappa shape index (κ3) is 3.33. The lowest BCUT2D eigenvalue weighted by Gasteiger charge is -2.20. The molecular formula is C18H22FN3O2. The minimum Gasteiger partial charge on any atom is -0.381 e. The highest BCUT2D eigenvalue weighted by Crippen LogP contribution is 2.46. The molecule has 6 heteroatoms. The third-order valence-corrected chi connectivity index (χ3v) is 4.49. The molecule has 0 bridgehead atoms. The van der Waals surface area contributed by atoms with E-state index < -0.39 is 5.41 Å². The second-order valence-electron chi connectivity index (χ2n) is 6.27. The Labute approximate surface area is 140 Å². The zero-order valence-electron chi connectivity index (χ0n) is 14.0. The fourth-order valence-electron chi connectivity index (χ4n) is 2.71. The molecule has 0 unspecified atom stereocenters. The van der Waals surface area contributed by atoms with E-state index in [-0.39, 0.29) is 17.8 Å². The number of benzene rings is 1. The molecule has 1 aliphatic carbocycles. The van der Waals surface area contributed by atoms with Crippen molar-refractivity contribution >= 4 is 5.91 Å². The molecule has 0 saturated heterocycles. The second kappa shape index (κ2) is 6.73. The van der Waals surface area contributed by atoms with Crippen molar-refractivity contribution in [3.05, 3.63) is 48.0 Å². The van der Waals surface area contributed by atoms with Crippen LogP contribution in [0.4, 0.5) is 4.39 Å². The van der Waals surface area contributed by atoms with Crippen LogP contribution in [0.15, 0.2) is 36.7 Å². The van der Waals surface area contributed by atoms with Crippen LogP contribution in [0.3, 0.4) is 0 Å². The van der Waals surface area contributed by atoms with Gasteiger partial charge in [0, 0.05) is 19.0 Å². The van der Waals surface area contributed by atoms with Gasteiger partial charge in [-0.3, -0.25) is 4.79 Å². The SMILES string of the molecule is CCOCC1(C(=O)N[C@@H](C)c2ccc(-n3cccn3)c(F)c2)CC1. The van der Waals surface area contributed by atoms with E-state index in [4.69, 9.17) is 4.74 Å². The van der Waals surface area contributed by atoms with E-state index in [9.17, 15) is 9.18 Å². The van der Waals surface area contributed by atoms with Crippen molar-refractivity contribution in [2.75, 3.05) is 13.2 Å². The molecule has 128 valence electrons. The number of nitrogens with zero attached hydrogens (tertiary/aromatic N) is 2. The minimum atomic E-state index is -0.391. The Morgan fingerprint density at radius 1 is 1.50 bits per heavy atom. The summed E-state index contributed by atoms with van der Waals surface area (Å²) in [6.07, 6.45) is 4.98. The summed E-state index contributed by atoms with van der Waals surface area (Å²) in [7, 11) is 0. The Kier molecular flexibility index (Phi) is 4.66. The van der Waals surface area contributed by atoms with Crippen molar-refractivity contribution in [1.29, 1.82) is 0 Å². The largest absolute Gasteiger partial charge is 0.381 e. The Morgan fingerprint density at radius 2 is 2.29 bits per heavy atom. The number of ether oxygens (including phenoxy) is 1. The van der Waals surface area contributed by atoms with E-state index in [0.717, 1.165) is 18.4 Å². The maximum absolute atomic E-state index is 14.3. The molecule has 2 aromatic rings. The van der Waals surface area contributed by atoms with Crippen LogP contribution in [0.25, 0.3) is 5.69 Å². The molecule has 0 radical (unpaired) electrons. The van der Waals surface area contributed by atoms with Crippen molar-refractivity contribution in [1.82, 2.24) is 15.1 Å². The Balaban J connectivity index is 1.68. The van der Waals surface area contributed by atoms with Crippen molar-refractivity contribution in [2.45, 2.75) is 32.7 Å². The molecule has 1 N–H and O–H groups in total. The molecule has 1 atom stereocenters. The molecule has 0 spiro atoms. The fraction of sp³-hybridized carbons (Fsp3) is 0.444. The van der Waals surface area contributed by atoms with Gasteiger partial charge in [-0.25, -0.2) is 9.07 Å². The summed E-state index contributed by atoms with van der Waals surface area (Å²) in [5, 5.41) is 7.01. The molecule has 0 aliphatic heterocycles. The van der Waals surface area contributed by atoms with E-state index >= 15 is 0 Å². The van der Waals surface area contributed by atoms with Crippen molar-refractivity contribution in [3.8, 4) is 5.69 Å². The normalized spacial score (nSPS) is 16.6. The Bertz CT molecular complexity index is 711. The van der Waals surface area contributed by atoms with Gasteiger partial charge in [-0.2, -0.15) is 5.10 Å². The zero-order chi connectivity index (χ0) is 17.2. The Hall–Kier alpha value is -2.21. The number of nitrogens with one attached hydrogen (secondary N) is 1. The molecule has 1 amide bonds. The lowest BCUT2D eigenvalue weighted by atomic mass is 10.0. The molecule has 1 heterocycles. The lowest BCUT2D eigenvalue weighted by Crippen LogP contribution is -2.36. The van der Waals surface area contributed by atoms with E-state index in [1.807, 2.05) is 19.9 Å². The monoisotopic (exact) mass is 331 g/mol. The highest BCUT2D eigenvalue weighted by Gasteiger charge is 2.50. The number of rotatable bonds is 7. The third-order valence-electron chi connectivity index (χ3n) is 4.49. The van der Waals surface area contributed by atoms with Gasteiger partial charge >= 0.3 is 0 Å². The first-order chi connectivity index (χ1) is 11.6. The molecule has 1 fully saturated rings. The van der Waals surface area contributed by atoms with Gasteiger partial charge < -0.3 is 10.1 Å². The molecule has 3 rings (SSSR count). The van der Waals surface area contributed by atoms with Crippen LogP contribution in [0.1, 0.15) is 38.3 Å². The van der Waals surface area contributed by atoms with Gasteiger partial charge in [-0.05, 0) is 50.5 Å². The topological polar surface area (TPSA) is 56.1 Å². The highest BCUT2D eigenvalue weighted by atomic mass is 19.1. The van der Waals surface area contributed by atoms with Gasteiger partial charge in [0.2, 0.25) is 5.91 Å². The maximum Gasteiger partial charge on any atom is 0.229 e. The van der Waals surface area contributed by atoms with Gasteiger partial charge in [-0.1, -0.05) is 6.07 Å². The number of amides is 1. The quantitative estimate of drug-likeness (QED) is 0.848. The molecular weight excluding hydrogens is 309 g/mol. The molecule has 1 saturated carbocycles. The zero-order valence-corrected chi connectivity index (χ0v) is 14.0. The number of aromatic nitrogens is 2. The molecule has 1 aromatic heterocycles. The van der Waals surface area contributed by atoms with Crippen LogP contribution in [0.5, 0.6) is 0 Å². The van der Waals surface area contributed by atoms with Gasteiger partial charge in [0.25, 0.3) is 0 Å². The summed E-state index contributed by atoms with van der Waals surface area (Å²) in [5.41, 5.74) is 0.721. The summed E-state index contributed by atoms with van der Waals surface area (Å²) in [4.78, 5) is 12.5. The predicted octanol–water partition coefficient (Wildman–Crippen LogP) is 3.01. The van der Waals surface area contributed by atoms with Crippen LogP contribution in [0, 0.1) is 11.2 Å². The average molecular weight is 331 g/mol. The van der Waals surface area contributed by atoms with E-state index in [0.29, 0.717) is 18.9 Å². The number of carbonyl (C=O) groups is 1. The smallest absolute Gasteiger partial charge is 0.229 e. The number of halogens is 1. The summed E-state index contributed by atoms with van der Waals surface area (Å²) >= 11 is 0. The maximum atomic E-state index is 14.3. The van der Waals surface area contributed by atoms with Crippen LogP contribution >= 0.6 is 0 Å². The van der Waals surface area contributed by atoms with Crippen molar-refractivity contribution < 1.29 is 13.9 Å². The first kappa shape index (κ1) is 16.6. The number of carbonyl (C=O) groups excluding carboxylic acids is 1. The van der Waals surface area contributed by atoms with E-state index in [2.05, 4.69) is 10.4 Å². The average Bonchev–Trinajstić information content (AvgIpc) is 3.18. The van der Waals surface area contributed by atoms with Gasteiger partial charge in [-0.15, -0.1) is 0 Å². The van der Waals surface area contributed by atoms with E-state index in [1.54, 1.807) is 24.5 Å². The molecule has 24 heavy (non-hydrogen) atoms. The number of hydrogen-bond acceptors (Lipinski definition) is 3. The minimum absolute atomic E-state index is 0.0139. The molecule has 1 aliphatic rings. The molecule has 5 nitrogen and oxygen atoms in total. The first-order valence-corrected chi connectivity index (χ1v) is 8.24.